The predicted octanol–water partition coefficient (Wildman–Crippen LogP) is 3.06. The Morgan fingerprint density at radius 1 is 1.21 bits per heavy atom. The molecule has 0 saturated carbocycles. The fourth-order valence-corrected chi connectivity index (χ4v) is 2.23. The number of aliphatic hydroxyl groups excluding tert-OH is 1. The van der Waals surface area contributed by atoms with Gasteiger partial charge in [-0.05, 0) is 30.7 Å². The maximum atomic E-state index is 13.3. The zero-order valence-electron chi connectivity index (χ0n) is 13.5. The summed E-state index contributed by atoms with van der Waals surface area (Å²) in [4.78, 5) is 13.7. The number of benzene rings is 2. The lowest BCUT2D eigenvalue weighted by Crippen LogP contribution is -2.33. The van der Waals surface area contributed by atoms with Gasteiger partial charge in [0.2, 0.25) is 0 Å². The largest absolute Gasteiger partial charge is 0.483 e. The zero-order valence-corrected chi connectivity index (χ0v) is 13.5. The Morgan fingerprint density at radius 2 is 1.92 bits per heavy atom. The highest BCUT2D eigenvalue weighted by Gasteiger charge is 2.19. The molecule has 24 heavy (non-hydrogen) atoms. The van der Waals surface area contributed by atoms with Gasteiger partial charge >= 0.3 is 0 Å². The minimum atomic E-state index is -0.951. The standard InChI is InChI=1S/C18H19F2NO3/c1-12(13-7-8-15(19)16(20)9-13)21(2)18(23)11-24-17-6-4-3-5-14(17)10-22/h3-9,12,22H,10-11H2,1-2H3. The summed E-state index contributed by atoms with van der Waals surface area (Å²) in [5.41, 5.74) is 1.07. The molecule has 0 aliphatic rings. The van der Waals surface area contributed by atoms with E-state index in [-0.39, 0.29) is 19.1 Å². The Bertz CT molecular complexity index is 721. The predicted molar refractivity (Wildman–Crippen MR) is 85.4 cm³/mol. The van der Waals surface area contributed by atoms with Gasteiger partial charge in [0, 0.05) is 12.6 Å². The van der Waals surface area contributed by atoms with Crippen LogP contribution in [0.15, 0.2) is 42.5 Å². The number of aliphatic hydroxyl groups is 1. The van der Waals surface area contributed by atoms with Crippen molar-refractivity contribution >= 4 is 5.91 Å². The van der Waals surface area contributed by atoms with Crippen LogP contribution >= 0.6 is 0 Å². The lowest BCUT2D eigenvalue weighted by Gasteiger charge is -2.25. The third-order valence-corrected chi connectivity index (χ3v) is 3.89. The molecule has 0 aliphatic carbocycles. The monoisotopic (exact) mass is 335 g/mol. The van der Waals surface area contributed by atoms with Crippen LogP contribution < -0.4 is 4.74 Å². The van der Waals surface area contributed by atoms with Crippen molar-refractivity contribution in [1.29, 1.82) is 0 Å². The Hall–Kier alpha value is -2.47. The molecular weight excluding hydrogens is 316 g/mol. The summed E-state index contributed by atoms with van der Waals surface area (Å²) in [6.45, 7) is 1.30. The van der Waals surface area contributed by atoms with Crippen molar-refractivity contribution in [2.45, 2.75) is 19.6 Å². The van der Waals surface area contributed by atoms with Crippen LogP contribution in [0.5, 0.6) is 5.75 Å². The van der Waals surface area contributed by atoms with Crippen molar-refractivity contribution < 1.29 is 23.4 Å². The van der Waals surface area contributed by atoms with Crippen molar-refractivity contribution in [2.24, 2.45) is 0 Å². The first-order valence-corrected chi connectivity index (χ1v) is 7.46. The molecule has 4 nitrogen and oxygen atoms in total. The number of ether oxygens (including phenoxy) is 1. The minimum absolute atomic E-state index is 0.189. The van der Waals surface area contributed by atoms with E-state index in [2.05, 4.69) is 0 Å². The van der Waals surface area contributed by atoms with Gasteiger partial charge in [-0.25, -0.2) is 8.78 Å². The smallest absolute Gasteiger partial charge is 0.260 e. The molecule has 0 aliphatic heterocycles. The topological polar surface area (TPSA) is 49.8 Å². The molecule has 1 N–H and O–H groups in total. The first-order valence-electron chi connectivity index (χ1n) is 7.46. The molecular formula is C18H19F2NO3. The third kappa shape index (κ3) is 4.08. The van der Waals surface area contributed by atoms with Crippen molar-refractivity contribution in [3.8, 4) is 5.75 Å². The number of halogens is 2. The number of amides is 1. The summed E-state index contributed by atoms with van der Waals surface area (Å²) in [6, 6.07) is 9.98. The number of carbonyl (C=O) groups excluding carboxylic acids is 1. The Labute approximate surface area is 139 Å². The second-order valence-corrected chi connectivity index (χ2v) is 5.41. The fraction of sp³-hybridized carbons (Fsp3) is 0.278. The molecule has 6 heteroatoms. The second kappa shape index (κ2) is 7.88. The van der Waals surface area contributed by atoms with Crippen LogP contribution in [0.25, 0.3) is 0 Å². The van der Waals surface area contributed by atoms with E-state index in [9.17, 15) is 18.7 Å². The molecule has 0 heterocycles. The number of nitrogens with zero attached hydrogens (tertiary/aromatic N) is 1. The lowest BCUT2D eigenvalue weighted by atomic mass is 10.1. The van der Waals surface area contributed by atoms with E-state index < -0.39 is 17.7 Å². The maximum absolute atomic E-state index is 13.3. The maximum Gasteiger partial charge on any atom is 0.260 e. The quantitative estimate of drug-likeness (QED) is 0.883. The summed E-state index contributed by atoms with van der Waals surface area (Å²) in [5.74, 6) is -1.76. The third-order valence-electron chi connectivity index (χ3n) is 3.89. The van der Waals surface area contributed by atoms with Crippen LogP contribution in [-0.4, -0.2) is 29.6 Å². The number of carbonyl (C=O) groups is 1. The molecule has 0 fully saturated rings. The SMILES string of the molecule is CC(c1ccc(F)c(F)c1)N(C)C(=O)COc1ccccc1CO. The van der Waals surface area contributed by atoms with Gasteiger partial charge in [0.25, 0.3) is 5.91 Å². The second-order valence-electron chi connectivity index (χ2n) is 5.41. The van der Waals surface area contributed by atoms with Crippen molar-refractivity contribution in [3.05, 3.63) is 65.2 Å². The van der Waals surface area contributed by atoms with Gasteiger partial charge in [-0.1, -0.05) is 24.3 Å². The van der Waals surface area contributed by atoms with E-state index in [0.29, 0.717) is 16.9 Å². The van der Waals surface area contributed by atoms with Gasteiger partial charge in [0.1, 0.15) is 5.75 Å². The van der Waals surface area contributed by atoms with E-state index in [1.807, 2.05) is 0 Å². The van der Waals surface area contributed by atoms with Crippen LogP contribution in [0, 0.1) is 11.6 Å². The van der Waals surface area contributed by atoms with E-state index in [0.717, 1.165) is 12.1 Å². The molecule has 128 valence electrons. The van der Waals surface area contributed by atoms with Gasteiger partial charge in [0.05, 0.1) is 12.6 Å². The van der Waals surface area contributed by atoms with Crippen LogP contribution in [0.4, 0.5) is 8.78 Å². The summed E-state index contributed by atoms with van der Waals surface area (Å²) < 4.78 is 31.8. The van der Waals surface area contributed by atoms with Crippen molar-refractivity contribution in [3.63, 3.8) is 0 Å². The molecule has 0 saturated heterocycles. The highest BCUT2D eigenvalue weighted by molar-refractivity contribution is 5.78. The van der Waals surface area contributed by atoms with E-state index >= 15 is 0 Å². The molecule has 2 aromatic carbocycles. The van der Waals surface area contributed by atoms with Gasteiger partial charge in [-0.15, -0.1) is 0 Å². The average Bonchev–Trinajstić information content (AvgIpc) is 2.60. The number of likely N-dealkylation sites (N-methyl/N-ethyl adjacent to an activating group) is 1. The first-order chi connectivity index (χ1) is 11.4. The Kier molecular flexibility index (Phi) is 5.87. The molecule has 0 spiro atoms. The number of rotatable bonds is 6. The lowest BCUT2D eigenvalue weighted by molar-refractivity contribution is -0.134. The summed E-state index contributed by atoms with van der Waals surface area (Å²) in [7, 11) is 1.57. The molecule has 1 atom stereocenters. The van der Waals surface area contributed by atoms with Crippen molar-refractivity contribution in [2.75, 3.05) is 13.7 Å². The molecule has 2 rings (SSSR count). The first kappa shape index (κ1) is 17.9. The molecule has 1 unspecified atom stereocenters. The molecule has 0 radical (unpaired) electrons. The Morgan fingerprint density at radius 3 is 2.58 bits per heavy atom. The van der Waals surface area contributed by atoms with Crippen LogP contribution in [0.2, 0.25) is 0 Å². The van der Waals surface area contributed by atoms with E-state index in [4.69, 9.17) is 4.74 Å². The van der Waals surface area contributed by atoms with Crippen LogP contribution in [0.1, 0.15) is 24.1 Å². The fourth-order valence-electron chi connectivity index (χ4n) is 2.23. The number of para-hydroxylation sites is 1. The van der Waals surface area contributed by atoms with Crippen LogP contribution in [0.3, 0.4) is 0 Å². The van der Waals surface area contributed by atoms with E-state index in [1.165, 1.54) is 11.0 Å². The summed E-state index contributed by atoms with van der Waals surface area (Å²) in [6.07, 6.45) is 0. The highest BCUT2D eigenvalue weighted by Crippen LogP contribution is 2.22. The van der Waals surface area contributed by atoms with Gasteiger partial charge in [-0.3, -0.25) is 4.79 Å². The molecule has 1 amide bonds. The number of hydrogen-bond donors (Lipinski definition) is 1. The summed E-state index contributed by atoms with van der Waals surface area (Å²) >= 11 is 0. The molecule has 0 bridgehead atoms. The normalized spacial score (nSPS) is 11.9. The van der Waals surface area contributed by atoms with Crippen LogP contribution in [-0.2, 0) is 11.4 Å². The van der Waals surface area contributed by atoms with E-state index in [1.54, 1.807) is 38.2 Å². The molecule has 2 aromatic rings. The molecule has 0 aromatic heterocycles. The zero-order chi connectivity index (χ0) is 17.7. The summed E-state index contributed by atoms with van der Waals surface area (Å²) in [5, 5.41) is 9.24. The Balaban J connectivity index is 2.02. The minimum Gasteiger partial charge on any atom is -0.483 e. The van der Waals surface area contributed by atoms with Gasteiger partial charge in [0.15, 0.2) is 18.2 Å². The average molecular weight is 335 g/mol. The number of hydrogen-bond acceptors (Lipinski definition) is 3. The highest BCUT2D eigenvalue weighted by atomic mass is 19.2. The van der Waals surface area contributed by atoms with Gasteiger partial charge in [-0.2, -0.15) is 0 Å². The van der Waals surface area contributed by atoms with Crippen molar-refractivity contribution in [1.82, 2.24) is 4.90 Å². The van der Waals surface area contributed by atoms with Gasteiger partial charge < -0.3 is 14.7 Å².